The monoisotopic (exact) mass is 159 g/mol. The fourth-order valence-electron chi connectivity index (χ4n) is 1.40. The number of methoxy groups -OCH3 is 1. The molecule has 0 aromatic carbocycles. The highest BCUT2D eigenvalue weighted by molar-refractivity contribution is 4.84. The average molecular weight is 159 g/mol. The molecule has 0 aromatic rings. The van der Waals surface area contributed by atoms with Gasteiger partial charge in [0, 0.05) is 20.1 Å². The maximum atomic E-state index is 5.44. The highest BCUT2D eigenvalue weighted by Crippen LogP contribution is 2.25. The highest BCUT2D eigenvalue weighted by atomic mass is 16.5. The van der Waals surface area contributed by atoms with E-state index in [0.717, 1.165) is 32.6 Å². The summed E-state index contributed by atoms with van der Waals surface area (Å²) in [4.78, 5) is 0. The van der Waals surface area contributed by atoms with Crippen molar-refractivity contribution in [3.05, 3.63) is 0 Å². The van der Waals surface area contributed by atoms with Gasteiger partial charge in [-0.25, -0.2) is 0 Å². The van der Waals surface area contributed by atoms with Crippen molar-refractivity contribution in [1.82, 2.24) is 5.32 Å². The Morgan fingerprint density at radius 3 is 2.91 bits per heavy atom. The van der Waals surface area contributed by atoms with Crippen molar-refractivity contribution in [1.29, 1.82) is 0 Å². The van der Waals surface area contributed by atoms with Crippen LogP contribution in [-0.4, -0.2) is 39.5 Å². The van der Waals surface area contributed by atoms with Gasteiger partial charge in [-0.05, 0) is 20.0 Å². The molecule has 3 heteroatoms. The molecule has 1 aliphatic rings. The molecule has 1 unspecified atom stereocenters. The Morgan fingerprint density at radius 1 is 1.64 bits per heavy atom. The molecule has 11 heavy (non-hydrogen) atoms. The van der Waals surface area contributed by atoms with Crippen LogP contribution in [0.15, 0.2) is 0 Å². The quantitative estimate of drug-likeness (QED) is 0.644. The predicted molar refractivity (Wildman–Crippen MR) is 43.7 cm³/mol. The number of ether oxygens (including phenoxy) is 2. The van der Waals surface area contributed by atoms with Crippen LogP contribution in [0, 0.1) is 0 Å². The third kappa shape index (κ3) is 2.15. The van der Waals surface area contributed by atoms with Crippen LogP contribution in [0.4, 0.5) is 0 Å². The van der Waals surface area contributed by atoms with E-state index in [-0.39, 0.29) is 5.60 Å². The second-order valence-electron chi connectivity index (χ2n) is 3.04. The van der Waals surface area contributed by atoms with Crippen molar-refractivity contribution >= 4 is 0 Å². The van der Waals surface area contributed by atoms with Crippen molar-refractivity contribution in [3.63, 3.8) is 0 Å². The van der Waals surface area contributed by atoms with Gasteiger partial charge in [-0.1, -0.05) is 0 Å². The topological polar surface area (TPSA) is 30.5 Å². The smallest absolute Gasteiger partial charge is 0.0945 e. The van der Waals surface area contributed by atoms with E-state index in [1.807, 2.05) is 7.05 Å². The fourth-order valence-corrected chi connectivity index (χ4v) is 1.40. The molecule has 0 aliphatic carbocycles. The summed E-state index contributed by atoms with van der Waals surface area (Å²) in [7, 11) is 3.73. The molecule has 66 valence electrons. The van der Waals surface area contributed by atoms with Gasteiger partial charge in [0.1, 0.15) is 0 Å². The van der Waals surface area contributed by atoms with Crippen LogP contribution in [0.3, 0.4) is 0 Å². The average Bonchev–Trinajstić information content (AvgIpc) is 2.50. The van der Waals surface area contributed by atoms with Crippen molar-refractivity contribution in [2.24, 2.45) is 0 Å². The van der Waals surface area contributed by atoms with Gasteiger partial charge in [-0.15, -0.1) is 0 Å². The summed E-state index contributed by atoms with van der Waals surface area (Å²) in [6.45, 7) is 2.60. The molecule has 0 bridgehead atoms. The van der Waals surface area contributed by atoms with Gasteiger partial charge in [0.2, 0.25) is 0 Å². The second-order valence-corrected chi connectivity index (χ2v) is 3.04. The first-order valence-electron chi connectivity index (χ1n) is 4.10. The van der Waals surface area contributed by atoms with Crippen LogP contribution >= 0.6 is 0 Å². The maximum absolute atomic E-state index is 5.44. The van der Waals surface area contributed by atoms with Crippen molar-refractivity contribution in [2.75, 3.05) is 33.9 Å². The van der Waals surface area contributed by atoms with Crippen molar-refractivity contribution in [2.45, 2.75) is 18.4 Å². The molecular weight excluding hydrogens is 142 g/mol. The van der Waals surface area contributed by atoms with Gasteiger partial charge in [-0.2, -0.15) is 0 Å². The molecule has 1 saturated heterocycles. The minimum atomic E-state index is 0.00299. The molecule has 0 spiro atoms. The molecule has 1 N–H and O–H groups in total. The lowest BCUT2D eigenvalue weighted by Crippen LogP contribution is -2.35. The summed E-state index contributed by atoms with van der Waals surface area (Å²) in [6.07, 6.45) is 2.07. The van der Waals surface area contributed by atoms with E-state index in [1.54, 1.807) is 7.11 Å². The van der Waals surface area contributed by atoms with E-state index >= 15 is 0 Å². The van der Waals surface area contributed by atoms with Crippen molar-refractivity contribution < 1.29 is 9.47 Å². The third-order valence-corrected chi connectivity index (χ3v) is 2.33. The number of nitrogens with one attached hydrogen (secondary N) is 1. The van der Waals surface area contributed by atoms with Gasteiger partial charge < -0.3 is 14.8 Å². The van der Waals surface area contributed by atoms with Crippen LogP contribution in [-0.2, 0) is 9.47 Å². The Bertz CT molecular complexity index is 111. The van der Waals surface area contributed by atoms with E-state index < -0.39 is 0 Å². The normalized spacial score (nSPS) is 31.1. The lowest BCUT2D eigenvalue weighted by atomic mass is 9.99. The molecule has 3 nitrogen and oxygen atoms in total. The Kier molecular flexibility index (Phi) is 3.30. The Morgan fingerprint density at radius 2 is 2.45 bits per heavy atom. The maximum Gasteiger partial charge on any atom is 0.0945 e. The van der Waals surface area contributed by atoms with Crippen LogP contribution in [0.25, 0.3) is 0 Å². The fraction of sp³-hybridized carbons (Fsp3) is 1.00. The molecule has 1 rings (SSSR count). The lowest BCUT2D eigenvalue weighted by molar-refractivity contribution is -0.0223. The molecule has 0 aromatic heterocycles. The zero-order valence-corrected chi connectivity index (χ0v) is 7.35. The zero-order valence-electron chi connectivity index (χ0n) is 7.35. The van der Waals surface area contributed by atoms with E-state index in [1.165, 1.54) is 0 Å². The first-order valence-corrected chi connectivity index (χ1v) is 4.10. The Labute approximate surface area is 68.1 Å². The van der Waals surface area contributed by atoms with Crippen LogP contribution in [0.2, 0.25) is 0 Å². The second kappa shape index (κ2) is 4.04. The number of hydrogen-bond donors (Lipinski definition) is 1. The molecular formula is C8H17NO2. The van der Waals surface area contributed by atoms with Gasteiger partial charge in [-0.3, -0.25) is 0 Å². The summed E-state index contributed by atoms with van der Waals surface area (Å²) < 4.78 is 10.7. The van der Waals surface area contributed by atoms with Crippen LogP contribution in [0.5, 0.6) is 0 Å². The molecule has 0 amide bonds. The first kappa shape index (κ1) is 8.97. The SMILES string of the molecule is CNCCC1(OC)CCOC1. The number of hydrogen-bond acceptors (Lipinski definition) is 3. The minimum absolute atomic E-state index is 0.00299. The molecule has 0 saturated carbocycles. The summed E-state index contributed by atoms with van der Waals surface area (Å²) >= 11 is 0. The van der Waals surface area contributed by atoms with E-state index in [2.05, 4.69) is 5.32 Å². The van der Waals surface area contributed by atoms with Crippen LogP contribution < -0.4 is 5.32 Å². The summed E-state index contributed by atoms with van der Waals surface area (Å²) in [6, 6.07) is 0. The molecule has 1 heterocycles. The lowest BCUT2D eigenvalue weighted by Gasteiger charge is -2.25. The summed E-state index contributed by atoms with van der Waals surface area (Å²) in [5.74, 6) is 0. The van der Waals surface area contributed by atoms with Gasteiger partial charge in [0.05, 0.1) is 12.2 Å². The standard InChI is InChI=1S/C8H17NO2/c1-9-5-3-8(10-2)4-6-11-7-8/h9H,3-7H2,1-2H3. The molecule has 1 atom stereocenters. The number of rotatable bonds is 4. The Balaban J connectivity index is 2.33. The molecule has 1 aliphatic heterocycles. The summed E-state index contributed by atoms with van der Waals surface area (Å²) in [5, 5.41) is 3.12. The predicted octanol–water partition coefficient (Wildman–Crippen LogP) is 0.401. The molecule has 1 fully saturated rings. The van der Waals surface area contributed by atoms with Crippen molar-refractivity contribution in [3.8, 4) is 0 Å². The zero-order chi connectivity index (χ0) is 8.16. The van der Waals surface area contributed by atoms with Gasteiger partial charge in [0.15, 0.2) is 0 Å². The van der Waals surface area contributed by atoms with E-state index in [9.17, 15) is 0 Å². The Hall–Kier alpha value is -0.120. The largest absolute Gasteiger partial charge is 0.378 e. The summed E-state index contributed by atoms with van der Waals surface area (Å²) in [5.41, 5.74) is 0.00299. The molecule has 0 radical (unpaired) electrons. The van der Waals surface area contributed by atoms with Gasteiger partial charge >= 0.3 is 0 Å². The van der Waals surface area contributed by atoms with Crippen LogP contribution in [0.1, 0.15) is 12.8 Å². The first-order chi connectivity index (χ1) is 5.33. The van der Waals surface area contributed by atoms with E-state index in [4.69, 9.17) is 9.47 Å². The third-order valence-electron chi connectivity index (χ3n) is 2.33. The highest BCUT2D eigenvalue weighted by Gasteiger charge is 2.33. The van der Waals surface area contributed by atoms with E-state index in [0.29, 0.717) is 0 Å². The minimum Gasteiger partial charge on any atom is -0.378 e. The van der Waals surface area contributed by atoms with Gasteiger partial charge in [0.25, 0.3) is 0 Å².